The fraction of sp³-hybridized carbons (Fsp3) is 0.629. The second-order valence-electron chi connectivity index (χ2n) is 36.1. The van der Waals surface area contributed by atoms with E-state index >= 15 is 0 Å². The van der Waals surface area contributed by atoms with E-state index < -0.39 is 21.7 Å². The molecule has 0 spiro atoms. The third-order valence-corrected chi connectivity index (χ3v) is 20.4. The summed E-state index contributed by atoms with van der Waals surface area (Å²) in [5.41, 5.74) is 5.10. The fourth-order valence-corrected chi connectivity index (χ4v) is 12.7. The summed E-state index contributed by atoms with van der Waals surface area (Å²) < 4.78 is 0. The Morgan fingerprint density at radius 1 is 0.342 bits per heavy atom. The van der Waals surface area contributed by atoms with E-state index in [1.54, 1.807) is 0 Å². The highest BCUT2D eigenvalue weighted by Gasteiger charge is 2.30. The van der Waals surface area contributed by atoms with Gasteiger partial charge in [-0.3, -0.25) is 62.8 Å². The molecule has 4 saturated heterocycles. The minimum Gasteiger partial charge on any atom is -0.355 e. The molecule has 8 rings (SSSR count). The van der Waals surface area contributed by atoms with E-state index in [4.69, 9.17) is 0 Å². The van der Waals surface area contributed by atoms with Gasteiger partial charge in [0.25, 0.3) is 23.6 Å². The van der Waals surface area contributed by atoms with Crippen LogP contribution in [0.5, 0.6) is 0 Å². The number of carbonyl (C=O) groups excluding carboxylic acids is 9. The lowest BCUT2D eigenvalue weighted by Crippen LogP contribution is -2.50. The van der Waals surface area contributed by atoms with E-state index in [-0.39, 0.29) is 53.2 Å². The van der Waals surface area contributed by atoms with Crippen LogP contribution in [0.25, 0.3) is 0 Å². The molecule has 4 aliphatic heterocycles. The maximum absolute atomic E-state index is 12.9. The lowest BCUT2D eigenvalue weighted by molar-refractivity contribution is -0.129. The number of hydrogen-bond acceptors (Lipinski definition) is 16. The molecule has 6 N–H and O–H groups in total. The molecule has 0 radical (unpaired) electrons. The number of carbonyl (C=O) groups is 9. The zero-order valence-corrected chi connectivity index (χ0v) is 73.3. The highest BCUT2D eigenvalue weighted by molar-refractivity contribution is 5.96. The summed E-state index contributed by atoms with van der Waals surface area (Å²) >= 11 is 0. The van der Waals surface area contributed by atoms with Gasteiger partial charge in [0, 0.05) is 241 Å². The van der Waals surface area contributed by atoms with Gasteiger partial charge in [0.15, 0.2) is 0 Å². The first-order chi connectivity index (χ1) is 53.5. The fourth-order valence-electron chi connectivity index (χ4n) is 12.7. The molecular weight excluding hydrogens is 1440 g/mol. The second kappa shape index (κ2) is 46.5. The first-order valence-electron chi connectivity index (χ1n) is 41.4. The van der Waals surface area contributed by atoms with E-state index in [1.807, 2.05) is 200 Å². The van der Waals surface area contributed by atoms with Crippen molar-refractivity contribution in [3.63, 3.8) is 0 Å². The molecule has 25 heteroatoms. The molecule has 0 unspecified atom stereocenters. The van der Waals surface area contributed by atoms with Crippen LogP contribution in [0.2, 0.25) is 0 Å². The maximum Gasteiger partial charge on any atom is 0.253 e. The number of nitrogens with one attached hydrogen (secondary N) is 6. The Hall–Kier alpha value is -8.17. The molecule has 4 fully saturated rings. The quantitative estimate of drug-likeness (QED) is 0.0308. The average Bonchev–Trinajstić information content (AvgIpc) is 0.852. The SMILES string of the molecule is CC(=O)NCCN1CCN(C(=O)c2cccc(CNC(=O)C(C)(C)C)c2)CC1.CC(C)(C)CNCCN1CCN(C(=O)c2cccc(CNC(=O)C(C)(C)C)c2)CC1.CCN(CC)CCN1CCN(C(=O)c2cccc(CNC(=O)C(C)(C)C)c2)CC1.CN(C)CCN1CCN(C(=O)c2cccc(CNC(=O)C(C)(C)C)c2)CC1. The summed E-state index contributed by atoms with van der Waals surface area (Å²) in [5, 5.41) is 18.1. The molecule has 4 aliphatic rings. The summed E-state index contributed by atoms with van der Waals surface area (Å²) in [6, 6.07) is 30.2. The van der Waals surface area contributed by atoms with Crippen LogP contribution >= 0.6 is 0 Å². The van der Waals surface area contributed by atoms with Crippen LogP contribution in [0.3, 0.4) is 0 Å². The van der Waals surface area contributed by atoms with Crippen LogP contribution in [0.1, 0.15) is 188 Å². The Labute approximate surface area is 684 Å². The van der Waals surface area contributed by atoms with Crippen molar-refractivity contribution in [2.75, 3.05) is 191 Å². The Kier molecular flexibility index (Phi) is 39.4. The second-order valence-corrected chi connectivity index (χ2v) is 36.1. The Bertz CT molecular complexity index is 3680. The van der Waals surface area contributed by atoms with Crippen molar-refractivity contribution < 1.29 is 43.2 Å². The van der Waals surface area contributed by atoms with Crippen LogP contribution in [-0.2, 0) is 50.2 Å². The molecule has 634 valence electrons. The number of likely N-dealkylation sites (N-methyl/N-ethyl adjacent to an activating group) is 2. The number of nitrogens with zero attached hydrogens (tertiary/aromatic N) is 10. The van der Waals surface area contributed by atoms with Gasteiger partial charge < -0.3 is 61.3 Å². The molecule has 0 bridgehead atoms. The summed E-state index contributed by atoms with van der Waals surface area (Å²) in [6.07, 6.45) is 0. The van der Waals surface area contributed by atoms with Crippen LogP contribution in [0.4, 0.5) is 0 Å². The van der Waals surface area contributed by atoms with Crippen LogP contribution in [0.15, 0.2) is 97.1 Å². The van der Waals surface area contributed by atoms with Crippen molar-refractivity contribution >= 4 is 53.2 Å². The summed E-state index contributed by atoms with van der Waals surface area (Å²) in [6.45, 7) is 60.8. The van der Waals surface area contributed by atoms with Gasteiger partial charge in [-0.1, -0.05) is 166 Å². The van der Waals surface area contributed by atoms with Gasteiger partial charge in [0.05, 0.1) is 0 Å². The molecule has 4 aromatic carbocycles. The van der Waals surface area contributed by atoms with Crippen LogP contribution in [0, 0.1) is 27.1 Å². The molecule has 25 nitrogen and oxygen atoms in total. The lowest BCUT2D eigenvalue weighted by atomic mass is 9.95. The smallest absolute Gasteiger partial charge is 0.253 e. The molecule has 0 atom stereocenters. The van der Waals surface area contributed by atoms with Crippen molar-refractivity contribution in [3.8, 4) is 0 Å². The summed E-state index contributed by atoms with van der Waals surface area (Å²) in [4.78, 5) is 132. The molecule has 114 heavy (non-hydrogen) atoms. The maximum atomic E-state index is 12.9. The summed E-state index contributed by atoms with van der Waals surface area (Å²) in [5.74, 6) is 0.237. The zero-order valence-electron chi connectivity index (χ0n) is 73.3. The summed E-state index contributed by atoms with van der Waals surface area (Å²) in [7, 11) is 4.16. The van der Waals surface area contributed by atoms with Gasteiger partial charge in [-0.05, 0) is 103 Å². The van der Waals surface area contributed by atoms with E-state index in [1.165, 1.54) is 6.92 Å². The van der Waals surface area contributed by atoms with E-state index in [0.29, 0.717) is 73.5 Å². The number of piperazine rings is 4. The molecular formula is C89H144N16O9. The van der Waals surface area contributed by atoms with Crippen molar-refractivity contribution in [2.24, 2.45) is 27.1 Å². The lowest BCUT2D eigenvalue weighted by Gasteiger charge is -2.35. The monoisotopic (exact) mass is 1580 g/mol. The van der Waals surface area contributed by atoms with E-state index in [0.717, 1.165) is 179 Å². The van der Waals surface area contributed by atoms with Gasteiger partial charge in [-0.15, -0.1) is 0 Å². The van der Waals surface area contributed by atoms with Crippen LogP contribution in [-0.4, -0.2) is 293 Å². The molecule has 0 saturated carbocycles. The van der Waals surface area contributed by atoms with Gasteiger partial charge >= 0.3 is 0 Å². The van der Waals surface area contributed by atoms with Crippen molar-refractivity contribution in [3.05, 3.63) is 142 Å². The van der Waals surface area contributed by atoms with E-state index in [9.17, 15) is 43.2 Å². The zero-order chi connectivity index (χ0) is 84.6. The topological polar surface area (TPSA) is 258 Å². The number of hydrogen-bond donors (Lipinski definition) is 6. The van der Waals surface area contributed by atoms with Gasteiger partial charge in [0.2, 0.25) is 29.5 Å². The first kappa shape index (κ1) is 96.4. The van der Waals surface area contributed by atoms with Crippen molar-refractivity contribution in [2.45, 2.75) is 151 Å². The Balaban J connectivity index is 0.000000272. The number of amides is 9. The number of rotatable bonds is 27. The third-order valence-electron chi connectivity index (χ3n) is 20.4. The van der Waals surface area contributed by atoms with Crippen LogP contribution < -0.4 is 31.9 Å². The largest absolute Gasteiger partial charge is 0.355 e. The predicted octanol–water partition coefficient (Wildman–Crippen LogP) is 8.10. The highest BCUT2D eigenvalue weighted by Crippen LogP contribution is 2.21. The van der Waals surface area contributed by atoms with Crippen molar-refractivity contribution in [1.29, 1.82) is 0 Å². The minimum atomic E-state index is -0.437. The molecule has 4 heterocycles. The Morgan fingerprint density at radius 3 is 0.833 bits per heavy atom. The van der Waals surface area contributed by atoms with E-state index in [2.05, 4.69) is 110 Å². The normalized spacial score (nSPS) is 15.6. The van der Waals surface area contributed by atoms with Gasteiger partial charge in [-0.2, -0.15) is 0 Å². The standard InChI is InChI=1S/C24H40N4O2.C23H38N4O2.C21H32N4O3.C21H34N4O2/c1-23(2,3)18-25-10-11-27-12-14-28(15-13-27)21(29)20-9-7-8-19(16-20)17-26-22(30)24(4,5)6;1-6-25(7-2)11-12-26-13-15-27(16-14-26)21(28)20-10-8-9-19(17-20)18-24-22(29)23(3,4)5;1-16(26)22-8-9-24-10-12-25(13-11-24)19(27)18-7-5-6-17(14-18)15-23-20(28)21(2,3)4;1-21(2,3)20(27)22-16-17-7-6-8-18(15-17)19(26)25-13-11-24(12-14-25)10-9-23(4)5/h7-9,16,25H,10-15,17-18H2,1-6H3,(H,26,30);8-10,17H,6-7,11-16,18H2,1-5H3,(H,24,29);5-7,14H,8-13,15H2,1-4H3,(H,22,26)(H,23,28);6-8,15H,9-14,16H2,1-5H3,(H,22,27). The Morgan fingerprint density at radius 2 is 0.596 bits per heavy atom. The van der Waals surface area contributed by atoms with Gasteiger partial charge in [0.1, 0.15) is 0 Å². The highest BCUT2D eigenvalue weighted by atomic mass is 16.2. The third kappa shape index (κ3) is 35.5. The first-order valence-corrected chi connectivity index (χ1v) is 41.4. The average molecular weight is 1580 g/mol. The molecule has 0 aliphatic carbocycles. The number of benzene rings is 4. The predicted molar refractivity (Wildman–Crippen MR) is 458 cm³/mol. The molecule has 4 aromatic rings. The molecule has 9 amide bonds. The molecule has 0 aromatic heterocycles. The minimum absolute atomic E-state index is 0.00680. The van der Waals surface area contributed by atoms with Gasteiger partial charge in [-0.25, -0.2) is 0 Å². The van der Waals surface area contributed by atoms with Crippen molar-refractivity contribution in [1.82, 2.24) is 80.9 Å².